The minimum Gasteiger partial charge on any atom is -0.442 e. The lowest BCUT2D eigenvalue weighted by Gasteiger charge is -2.38. The van der Waals surface area contributed by atoms with Gasteiger partial charge in [0.05, 0.1) is 23.9 Å². The predicted octanol–water partition coefficient (Wildman–Crippen LogP) is 4.58. The van der Waals surface area contributed by atoms with Crippen molar-refractivity contribution in [2.75, 3.05) is 13.7 Å². The van der Waals surface area contributed by atoms with Gasteiger partial charge < -0.3 is 24.8 Å². The van der Waals surface area contributed by atoms with Gasteiger partial charge in [-0.25, -0.2) is 4.79 Å². The fourth-order valence-electron chi connectivity index (χ4n) is 5.10. The van der Waals surface area contributed by atoms with Crippen LogP contribution < -0.4 is 10.6 Å². The summed E-state index contributed by atoms with van der Waals surface area (Å²) in [5, 5.41) is 5.46. The Bertz CT molecular complexity index is 798. The molecule has 0 aromatic rings. The van der Waals surface area contributed by atoms with Gasteiger partial charge in [-0.3, -0.25) is 4.79 Å². The lowest BCUT2D eigenvalue weighted by Crippen LogP contribution is -2.43. The summed E-state index contributed by atoms with van der Waals surface area (Å²) in [6.07, 6.45) is 16.1. The number of ether oxygens (including phenoxy) is 3. The first-order valence-corrected chi connectivity index (χ1v) is 12.6. The van der Waals surface area contributed by atoms with Crippen LogP contribution in [0.2, 0.25) is 0 Å². The second-order valence-corrected chi connectivity index (χ2v) is 10.8. The van der Waals surface area contributed by atoms with Crippen LogP contribution >= 0.6 is 0 Å². The van der Waals surface area contributed by atoms with Crippen molar-refractivity contribution in [1.29, 1.82) is 0 Å². The molecule has 34 heavy (non-hydrogen) atoms. The highest BCUT2D eigenvalue weighted by Gasteiger charge is 2.53. The molecule has 7 nitrogen and oxygen atoms in total. The Balaban J connectivity index is 1.35. The lowest BCUT2D eigenvalue weighted by molar-refractivity contribution is -0.117. The number of hydrogen-bond acceptors (Lipinski definition) is 5. The van der Waals surface area contributed by atoms with E-state index >= 15 is 0 Å². The maximum absolute atomic E-state index is 12.2. The summed E-state index contributed by atoms with van der Waals surface area (Å²) in [5.74, 6) is 0.518. The Kier molecular flexibility index (Phi) is 8.99. The average molecular weight is 475 g/mol. The van der Waals surface area contributed by atoms with Crippen LogP contribution in [0.1, 0.15) is 72.6 Å². The van der Waals surface area contributed by atoms with E-state index in [4.69, 9.17) is 14.2 Å². The Labute approximate surface area is 204 Å². The van der Waals surface area contributed by atoms with Crippen LogP contribution in [-0.4, -0.2) is 55.1 Å². The van der Waals surface area contributed by atoms with E-state index in [0.29, 0.717) is 5.92 Å². The molecule has 0 bridgehead atoms. The normalized spacial score (nSPS) is 32.0. The molecule has 0 radical (unpaired) electrons. The van der Waals surface area contributed by atoms with Gasteiger partial charge >= 0.3 is 6.09 Å². The number of carbonyl (C=O) groups is 2. The second-order valence-electron chi connectivity index (χ2n) is 10.8. The highest BCUT2D eigenvalue weighted by Crippen LogP contribution is 2.46. The van der Waals surface area contributed by atoms with Gasteiger partial charge in [-0.15, -0.1) is 0 Å². The Morgan fingerprint density at radius 2 is 1.88 bits per heavy atom. The standard InChI is InChI=1S/C27H42N2O5/c1-19(7-14-23-16-27(18-32-27)17-26(3,4)34-23)6-9-21-10-12-22(13-11-21)29-24(30)15-8-20(2)33-25(31)28-5/h6-8,14-15,20-23H,9-13,16-18H2,1-5H3,(H,28,31)(H,29,30)/b14-7+,15-8-,19-6+/t20-,21?,22?,23+,27+/m0/s1. The van der Waals surface area contributed by atoms with Gasteiger partial charge in [0.2, 0.25) is 5.91 Å². The molecule has 0 aromatic carbocycles. The number of hydrogen-bond donors (Lipinski definition) is 2. The third-order valence-corrected chi connectivity index (χ3v) is 6.90. The zero-order valence-corrected chi connectivity index (χ0v) is 21.4. The summed E-state index contributed by atoms with van der Waals surface area (Å²) in [5.41, 5.74) is 1.19. The van der Waals surface area contributed by atoms with Crippen molar-refractivity contribution < 1.29 is 23.8 Å². The van der Waals surface area contributed by atoms with Gasteiger partial charge in [0.1, 0.15) is 6.10 Å². The van der Waals surface area contributed by atoms with Crippen LogP contribution in [0.15, 0.2) is 36.0 Å². The second kappa shape index (κ2) is 11.5. The molecule has 3 atom stereocenters. The van der Waals surface area contributed by atoms with Crippen LogP contribution in [0.5, 0.6) is 0 Å². The fraction of sp³-hybridized carbons (Fsp3) is 0.704. The molecule has 1 spiro atoms. The molecule has 3 aliphatic rings. The molecule has 2 N–H and O–H groups in total. The Morgan fingerprint density at radius 1 is 1.18 bits per heavy atom. The minimum absolute atomic E-state index is 0.0514. The molecular weight excluding hydrogens is 432 g/mol. The number of carbonyl (C=O) groups excluding carboxylic acids is 2. The van der Waals surface area contributed by atoms with E-state index in [1.54, 1.807) is 13.0 Å². The van der Waals surface area contributed by atoms with Gasteiger partial charge in [0.25, 0.3) is 0 Å². The minimum atomic E-state index is -0.511. The van der Waals surface area contributed by atoms with Crippen molar-refractivity contribution in [2.45, 2.75) is 102 Å². The molecule has 2 heterocycles. The van der Waals surface area contributed by atoms with Crippen LogP contribution in [0, 0.1) is 5.92 Å². The van der Waals surface area contributed by atoms with Gasteiger partial charge in [0, 0.05) is 32.0 Å². The van der Waals surface area contributed by atoms with Gasteiger partial charge in [0.15, 0.2) is 0 Å². The largest absolute Gasteiger partial charge is 0.442 e. The van der Waals surface area contributed by atoms with Crippen LogP contribution in [0.4, 0.5) is 4.79 Å². The van der Waals surface area contributed by atoms with E-state index in [1.807, 2.05) is 0 Å². The lowest BCUT2D eigenvalue weighted by atomic mass is 9.83. The van der Waals surface area contributed by atoms with Crippen LogP contribution in [-0.2, 0) is 19.0 Å². The van der Waals surface area contributed by atoms with E-state index in [9.17, 15) is 9.59 Å². The molecule has 1 saturated carbocycles. The molecule has 2 aliphatic heterocycles. The van der Waals surface area contributed by atoms with E-state index in [0.717, 1.165) is 51.6 Å². The van der Waals surface area contributed by atoms with E-state index in [-0.39, 0.29) is 29.3 Å². The summed E-state index contributed by atoms with van der Waals surface area (Å²) in [6.45, 7) is 9.04. The average Bonchev–Trinajstić information content (AvgIpc) is 3.51. The molecule has 0 aromatic heterocycles. The zero-order valence-electron chi connectivity index (χ0n) is 21.4. The number of alkyl carbamates (subject to hydrolysis) is 1. The Morgan fingerprint density at radius 3 is 2.53 bits per heavy atom. The number of rotatable bonds is 8. The first kappa shape index (κ1) is 26.5. The van der Waals surface area contributed by atoms with Gasteiger partial charge in [-0.1, -0.05) is 23.8 Å². The van der Waals surface area contributed by atoms with Gasteiger partial charge in [-0.05, 0) is 71.8 Å². The van der Waals surface area contributed by atoms with Crippen LogP contribution in [0.25, 0.3) is 0 Å². The predicted molar refractivity (Wildman–Crippen MR) is 132 cm³/mol. The summed E-state index contributed by atoms with van der Waals surface area (Å²) in [7, 11) is 1.50. The third-order valence-electron chi connectivity index (χ3n) is 6.90. The summed E-state index contributed by atoms with van der Waals surface area (Å²) < 4.78 is 17.0. The topological polar surface area (TPSA) is 89.2 Å². The zero-order chi connectivity index (χ0) is 24.8. The smallest absolute Gasteiger partial charge is 0.407 e. The highest BCUT2D eigenvalue weighted by atomic mass is 16.6. The highest BCUT2D eigenvalue weighted by molar-refractivity contribution is 5.87. The van der Waals surface area contributed by atoms with Crippen LogP contribution in [0.3, 0.4) is 0 Å². The fourth-order valence-corrected chi connectivity index (χ4v) is 5.10. The van der Waals surface area contributed by atoms with E-state index in [2.05, 4.69) is 49.6 Å². The molecule has 3 fully saturated rings. The first-order chi connectivity index (χ1) is 16.1. The summed E-state index contributed by atoms with van der Waals surface area (Å²) >= 11 is 0. The number of amides is 2. The molecule has 7 heteroatoms. The quantitative estimate of drug-likeness (QED) is 0.305. The molecule has 2 saturated heterocycles. The van der Waals surface area contributed by atoms with Crippen molar-refractivity contribution in [3.63, 3.8) is 0 Å². The molecular formula is C27H42N2O5. The summed E-state index contributed by atoms with van der Waals surface area (Å²) in [4.78, 5) is 23.3. The first-order valence-electron chi connectivity index (χ1n) is 12.6. The van der Waals surface area contributed by atoms with E-state index in [1.165, 1.54) is 18.7 Å². The molecule has 3 rings (SSSR count). The summed E-state index contributed by atoms with van der Waals surface area (Å²) in [6, 6.07) is 0.206. The van der Waals surface area contributed by atoms with Gasteiger partial charge in [-0.2, -0.15) is 0 Å². The number of nitrogens with one attached hydrogen (secondary N) is 2. The van der Waals surface area contributed by atoms with Crippen molar-refractivity contribution >= 4 is 12.0 Å². The van der Waals surface area contributed by atoms with Crippen molar-refractivity contribution in [1.82, 2.24) is 10.6 Å². The molecule has 190 valence electrons. The van der Waals surface area contributed by atoms with Crippen molar-refractivity contribution in [3.8, 4) is 0 Å². The molecule has 2 amide bonds. The molecule has 1 aliphatic carbocycles. The SMILES string of the molecule is CNC(=O)O[C@@H](C)/C=C\C(=O)NC1CCC(C/C=C(C)/C=C/[C@@H]2C[C@]3(CO3)CC(C)(C)O2)CC1. The monoisotopic (exact) mass is 474 g/mol. The molecule has 0 unspecified atom stereocenters. The maximum atomic E-state index is 12.2. The number of epoxide rings is 1. The third kappa shape index (κ3) is 8.58. The van der Waals surface area contributed by atoms with Crippen molar-refractivity contribution in [3.05, 3.63) is 36.0 Å². The maximum Gasteiger partial charge on any atom is 0.407 e. The van der Waals surface area contributed by atoms with E-state index < -0.39 is 12.2 Å². The van der Waals surface area contributed by atoms with Crippen molar-refractivity contribution in [2.24, 2.45) is 5.92 Å². The number of allylic oxidation sites excluding steroid dienone is 3. The Hall–Kier alpha value is -2.12.